The first-order chi connectivity index (χ1) is 18.6. The average Bonchev–Trinajstić information content (AvgIpc) is 2.93. The van der Waals surface area contributed by atoms with Crippen molar-refractivity contribution in [1.29, 1.82) is 0 Å². The van der Waals surface area contributed by atoms with Crippen LogP contribution in [0.1, 0.15) is 128 Å². The molecule has 1 aromatic carbocycles. The molecule has 0 radical (unpaired) electrons. The van der Waals surface area contributed by atoms with Gasteiger partial charge in [-0.25, -0.2) is 4.79 Å². The molecule has 0 aromatic heterocycles. The zero-order valence-electron chi connectivity index (χ0n) is 24.5. The Kier molecular flexibility index (Phi) is 20.9. The molecule has 5 nitrogen and oxygen atoms in total. The minimum Gasteiger partial charge on any atom is -0.502 e. The molecule has 216 valence electrons. The zero-order valence-corrected chi connectivity index (χ0v) is 24.5. The smallest absolute Gasteiger partial charge is 0.330 e. The molecule has 0 amide bonds. The summed E-state index contributed by atoms with van der Waals surface area (Å²) in [6.45, 7) is 2.72. The lowest BCUT2D eigenvalue weighted by molar-refractivity contribution is -0.137. The predicted octanol–water partition coefficient (Wildman–Crippen LogP) is 9.56. The van der Waals surface area contributed by atoms with Gasteiger partial charge < -0.3 is 19.3 Å². The van der Waals surface area contributed by atoms with E-state index in [-0.39, 0.29) is 11.7 Å². The second-order valence-corrected chi connectivity index (χ2v) is 10.1. The molecular formula is C33H54O5. The Morgan fingerprint density at radius 1 is 0.711 bits per heavy atom. The van der Waals surface area contributed by atoms with Crippen molar-refractivity contribution in [2.75, 3.05) is 20.8 Å². The molecule has 0 spiro atoms. The number of benzene rings is 1. The van der Waals surface area contributed by atoms with E-state index in [0.717, 1.165) is 12.8 Å². The zero-order chi connectivity index (χ0) is 27.7. The molecule has 0 saturated heterocycles. The number of unbranched alkanes of at least 4 members (excludes halogenated alkanes) is 16. The number of allylic oxidation sites excluding steroid dienone is 2. The maximum absolute atomic E-state index is 12.0. The lowest BCUT2D eigenvalue weighted by Gasteiger charge is -2.09. The van der Waals surface area contributed by atoms with Crippen molar-refractivity contribution in [3.8, 4) is 17.2 Å². The van der Waals surface area contributed by atoms with Crippen LogP contribution >= 0.6 is 0 Å². The predicted molar refractivity (Wildman–Crippen MR) is 159 cm³/mol. The third-order valence-electron chi connectivity index (χ3n) is 6.81. The summed E-state index contributed by atoms with van der Waals surface area (Å²) in [5.74, 6) is 0.148. The van der Waals surface area contributed by atoms with E-state index in [1.165, 1.54) is 123 Å². The van der Waals surface area contributed by atoms with Gasteiger partial charge in [-0.15, -0.1) is 0 Å². The summed E-state index contributed by atoms with van der Waals surface area (Å²) in [5, 5.41) is 9.96. The maximum atomic E-state index is 12.0. The third-order valence-corrected chi connectivity index (χ3v) is 6.81. The van der Waals surface area contributed by atoms with E-state index in [1.54, 1.807) is 18.2 Å². The SMILES string of the molecule is CCCCCCCC/C=C\CCCCCCCCCCCCOC(=O)/C=C/c1cc(OC)c(O)c(OC)c1. The van der Waals surface area contributed by atoms with Gasteiger partial charge in [0.15, 0.2) is 11.5 Å². The van der Waals surface area contributed by atoms with Crippen LogP contribution in [0, 0.1) is 0 Å². The Hall–Kier alpha value is -2.43. The van der Waals surface area contributed by atoms with Gasteiger partial charge in [-0.1, -0.05) is 103 Å². The van der Waals surface area contributed by atoms with Crippen molar-refractivity contribution >= 4 is 12.0 Å². The molecule has 0 heterocycles. The molecule has 0 aliphatic rings. The maximum Gasteiger partial charge on any atom is 0.330 e. The van der Waals surface area contributed by atoms with Crippen LogP contribution in [0.5, 0.6) is 17.2 Å². The van der Waals surface area contributed by atoms with Gasteiger partial charge in [0, 0.05) is 6.08 Å². The number of carbonyl (C=O) groups is 1. The molecule has 1 rings (SSSR count). The fraction of sp³-hybridized carbons (Fsp3) is 0.667. The molecule has 0 saturated carbocycles. The molecule has 38 heavy (non-hydrogen) atoms. The highest BCUT2D eigenvalue weighted by Crippen LogP contribution is 2.37. The Morgan fingerprint density at radius 2 is 1.16 bits per heavy atom. The summed E-state index contributed by atoms with van der Waals surface area (Å²) in [7, 11) is 2.93. The first-order valence-electron chi connectivity index (χ1n) is 15.1. The highest BCUT2D eigenvalue weighted by Gasteiger charge is 2.10. The van der Waals surface area contributed by atoms with E-state index in [4.69, 9.17) is 14.2 Å². The van der Waals surface area contributed by atoms with Crippen molar-refractivity contribution < 1.29 is 24.1 Å². The van der Waals surface area contributed by atoms with E-state index in [1.807, 2.05) is 0 Å². The Labute approximate surface area is 232 Å². The van der Waals surface area contributed by atoms with Gasteiger partial charge >= 0.3 is 5.97 Å². The van der Waals surface area contributed by atoms with Crippen LogP contribution in [0.3, 0.4) is 0 Å². The van der Waals surface area contributed by atoms with Crippen LogP contribution in [0.4, 0.5) is 0 Å². The molecule has 0 atom stereocenters. The molecule has 0 aliphatic heterocycles. The number of hydrogen-bond donors (Lipinski definition) is 1. The monoisotopic (exact) mass is 530 g/mol. The number of rotatable bonds is 24. The minimum atomic E-state index is -0.371. The minimum absolute atomic E-state index is 0.0630. The lowest BCUT2D eigenvalue weighted by Crippen LogP contribution is -2.02. The number of aromatic hydroxyl groups is 1. The van der Waals surface area contributed by atoms with E-state index in [2.05, 4.69) is 19.1 Å². The number of phenols is 1. The van der Waals surface area contributed by atoms with Crippen LogP contribution in [0.25, 0.3) is 6.08 Å². The topological polar surface area (TPSA) is 65.0 Å². The quantitative estimate of drug-likeness (QED) is 0.0624. The van der Waals surface area contributed by atoms with Crippen molar-refractivity contribution in [1.82, 2.24) is 0 Å². The van der Waals surface area contributed by atoms with Gasteiger partial charge in [-0.3, -0.25) is 0 Å². The molecule has 0 fully saturated rings. The molecule has 0 aliphatic carbocycles. The molecule has 1 aromatic rings. The number of phenolic OH excluding ortho intramolecular Hbond substituents is 1. The molecular weight excluding hydrogens is 476 g/mol. The highest BCUT2D eigenvalue weighted by molar-refractivity contribution is 5.87. The summed E-state index contributed by atoms with van der Waals surface area (Å²) in [6.07, 6.45) is 31.1. The number of ether oxygens (including phenoxy) is 3. The van der Waals surface area contributed by atoms with Gasteiger partial charge in [0.05, 0.1) is 20.8 Å². The van der Waals surface area contributed by atoms with Gasteiger partial charge in [-0.2, -0.15) is 0 Å². The third kappa shape index (κ3) is 17.1. The summed E-state index contributed by atoms with van der Waals surface area (Å²) < 4.78 is 15.6. The van der Waals surface area contributed by atoms with Gasteiger partial charge in [0.25, 0.3) is 0 Å². The van der Waals surface area contributed by atoms with Crippen LogP contribution in [-0.4, -0.2) is 31.9 Å². The number of methoxy groups -OCH3 is 2. The van der Waals surface area contributed by atoms with E-state index in [9.17, 15) is 9.90 Å². The summed E-state index contributed by atoms with van der Waals surface area (Å²) in [6, 6.07) is 3.27. The summed E-state index contributed by atoms with van der Waals surface area (Å²) in [5.41, 5.74) is 0.684. The van der Waals surface area contributed by atoms with Crippen molar-refractivity contribution in [3.63, 3.8) is 0 Å². The van der Waals surface area contributed by atoms with Gasteiger partial charge in [0.2, 0.25) is 5.75 Å². The Morgan fingerprint density at radius 3 is 1.63 bits per heavy atom. The fourth-order valence-electron chi connectivity index (χ4n) is 4.45. The summed E-state index contributed by atoms with van der Waals surface area (Å²) in [4.78, 5) is 12.0. The number of carbonyl (C=O) groups excluding carboxylic acids is 1. The molecule has 1 N–H and O–H groups in total. The van der Waals surface area contributed by atoms with Crippen molar-refractivity contribution in [2.45, 2.75) is 122 Å². The Bertz CT molecular complexity index is 759. The highest BCUT2D eigenvalue weighted by atomic mass is 16.5. The first kappa shape index (κ1) is 33.6. The fourth-order valence-corrected chi connectivity index (χ4v) is 4.45. The second-order valence-electron chi connectivity index (χ2n) is 10.1. The van der Waals surface area contributed by atoms with E-state index < -0.39 is 0 Å². The normalized spacial score (nSPS) is 11.4. The lowest BCUT2D eigenvalue weighted by atomic mass is 10.1. The van der Waals surface area contributed by atoms with Crippen LogP contribution < -0.4 is 9.47 Å². The number of esters is 1. The molecule has 0 unspecified atom stereocenters. The second kappa shape index (κ2) is 23.7. The van der Waals surface area contributed by atoms with Crippen LogP contribution in [0.15, 0.2) is 30.4 Å². The van der Waals surface area contributed by atoms with Gasteiger partial charge in [0.1, 0.15) is 0 Å². The van der Waals surface area contributed by atoms with Crippen molar-refractivity contribution in [3.05, 3.63) is 35.9 Å². The van der Waals surface area contributed by atoms with Crippen LogP contribution in [-0.2, 0) is 9.53 Å². The molecule has 5 heteroatoms. The number of hydrogen-bond acceptors (Lipinski definition) is 5. The van der Waals surface area contributed by atoms with E-state index in [0.29, 0.717) is 23.7 Å². The summed E-state index contributed by atoms with van der Waals surface area (Å²) >= 11 is 0. The van der Waals surface area contributed by atoms with Gasteiger partial charge in [-0.05, 0) is 55.9 Å². The van der Waals surface area contributed by atoms with E-state index >= 15 is 0 Å². The average molecular weight is 531 g/mol. The standard InChI is InChI=1S/C33H54O5/c1-4-5-6-7-8-9-10-11-12-13-14-15-16-17-18-19-20-21-22-23-26-38-32(34)25-24-29-27-30(36-2)33(35)31(28-29)37-3/h11-12,24-25,27-28,35H,4-10,13-23,26H2,1-3H3/b12-11-,25-24+. The van der Waals surface area contributed by atoms with Crippen LogP contribution in [0.2, 0.25) is 0 Å². The first-order valence-corrected chi connectivity index (χ1v) is 15.1. The largest absolute Gasteiger partial charge is 0.502 e. The van der Waals surface area contributed by atoms with Crippen molar-refractivity contribution in [2.24, 2.45) is 0 Å². The Balaban J connectivity index is 1.93. The molecule has 0 bridgehead atoms.